The lowest BCUT2D eigenvalue weighted by Crippen LogP contribution is -2.50. The molecule has 0 unspecified atom stereocenters. The Bertz CT molecular complexity index is 715. The average molecular weight is 397 g/mol. The predicted molar refractivity (Wildman–Crippen MR) is 107 cm³/mol. The highest BCUT2D eigenvalue weighted by Crippen LogP contribution is 2.24. The Kier molecular flexibility index (Phi) is 7.28. The first-order valence-electron chi connectivity index (χ1n) is 9.62. The van der Waals surface area contributed by atoms with Crippen LogP contribution in [0.25, 0.3) is 0 Å². The molecule has 0 radical (unpaired) electrons. The molecule has 0 N–H and O–H groups in total. The fraction of sp³-hybridized carbons (Fsp3) is 0.650. The molecule has 1 aromatic carbocycles. The van der Waals surface area contributed by atoms with E-state index in [9.17, 15) is 13.2 Å². The Balaban J connectivity index is 1.70. The molecule has 0 saturated carbocycles. The molecule has 152 valence electrons. The normalized spacial score (nSPS) is 16.4. The van der Waals surface area contributed by atoms with Crippen LogP contribution >= 0.6 is 0 Å². The van der Waals surface area contributed by atoms with Gasteiger partial charge in [-0.05, 0) is 36.5 Å². The second kappa shape index (κ2) is 9.06. The first kappa shape index (κ1) is 21.7. The summed E-state index contributed by atoms with van der Waals surface area (Å²) in [6, 6.07) is 8.08. The molecule has 1 aliphatic heterocycles. The van der Waals surface area contributed by atoms with Crippen molar-refractivity contribution < 1.29 is 17.9 Å². The molecule has 27 heavy (non-hydrogen) atoms. The molecule has 1 amide bonds. The van der Waals surface area contributed by atoms with Gasteiger partial charge >= 0.3 is 0 Å². The summed E-state index contributed by atoms with van der Waals surface area (Å²) >= 11 is 0. The van der Waals surface area contributed by atoms with Crippen molar-refractivity contribution in [2.45, 2.75) is 46.0 Å². The van der Waals surface area contributed by atoms with Crippen molar-refractivity contribution in [2.24, 2.45) is 0 Å². The van der Waals surface area contributed by atoms with Gasteiger partial charge < -0.3 is 9.64 Å². The van der Waals surface area contributed by atoms with Gasteiger partial charge in [-0.1, -0.05) is 32.9 Å². The highest BCUT2D eigenvalue weighted by atomic mass is 32.2. The smallest absolute Gasteiger partial charge is 0.222 e. The zero-order valence-electron chi connectivity index (χ0n) is 16.9. The van der Waals surface area contributed by atoms with Crippen molar-refractivity contribution in [3.63, 3.8) is 0 Å². The third-order valence-corrected chi connectivity index (χ3v) is 6.76. The number of rotatable bonds is 7. The molecule has 1 aromatic rings. The molecule has 1 saturated heterocycles. The van der Waals surface area contributed by atoms with Crippen molar-refractivity contribution in [2.75, 3.05) is 38.5 Å². The number of benzene rings is 1. The van der Waals surface area contributed by atoms with Crippen LogP contribution in [-0.2, 0) is 20.2 Å². The summed E-state index contributed by atoms with van der Waals surface area (Å²) in [6.45, 7) is 10.4. The van der Waals surface area contributed by atoms with Crippen LogP contribution in [0.3, 0.4) is 0 Å². The molecule has 7 heteroatoms. The van der Waals surface area contributed by atoms with E-state index in [2.05, 4.69) is 32.9 Å². The van der Waals surface area contributed by atoms with E-state index in [1.807, 2.05) is 12.1 Å². The van der Waals surface area contributed by atoms with Crippen LogP contribution in [0.15, 0.2) is 24.3 Å². The maximum atomic E-state index is 12.3. The highest BCUT2D eigenvalue weighted by molar-refractivity contribution is 7.89. The van der Waals surface area contributed by atoms with Crippen molar-refractivity contribution in [1.29, 1.82) is 0 Å². The number of carbonyl (C=O) groups is 1. The first-order valence-corrected chi connectivity index (χ1v) is 11.2. The van der Waals surface area contributed by atoms with Crippen LogP contribution in [-0.4, -0.2) is 62.1 Å². The number of amides is 1. The second-order valence-electron chi connectivity index (χ2n) is 7.91. The quantitative estimate of drug-likeness (QED) is 0.665. The molecule has 0 aliphatic carbocycles. The number of hydrogen-bond acceptors (Lipinski definition) is 4. The van der Waals surface area contributed by atoms with Crippen molar-refractivity contribution in [3.8, 4) is 5.75 Å². The molecule has 0 spiro atoms. The summed E-state index contributed by atoms with van der Waals surface area (Å²) in [4.78, 5) is 14.0. The summed E-state index contributed by atoms with van der Waals surface area (Å²) in [5.41, 5.74) is 1.38. The molecular formula is C20H32N2O4S. The lowest BCUT2D eigenvalue weighted by Gasteiger charge is -2.33. The van der Waals surface area contributed by atoms with Gasteiger partial charge in [0.1, 0.15) is 5.75 Å². The van der Waals surface area contributed by atoms with Gasteiger partial charge in [-0.3, -0.25) is 4.79 Å². The molecule has 1 heterocycles. The number of hydrogen-bond donors (Lipinski definition) is 0. The van der Waals surface area contributed by atoms with Crippen LogP contribution in [0, 0.1) is 0 Å². The van der Waals surface area contributed by atoms with E-state index in [1.54, 1.807) is 11.8 Å². The fourth-order valence-corrected chi connectivity index (χ4v) is 4.11. The zero-order valence-corrected chi connectivity index (χ0v) is 17.7. The van der Waals surface area contributed by atoms with Gasteiger partial charge in [0.2, 0.25) is 15.9 Å². The van der Waals surface area contributed by atoms with Gasteiger partial charge in [0.25, 0.3) is 0 Å². The number of nitrogens with zero attached hydrogens (tertiary/aromatic N) is 2. The van der Waals surface area contributed by atoms with E-state index in [-0.39, 0.29) is 17.1 Å². The minimum atomic E-state index is -3.16. The summed E-state index contributed by atoms with van der Waals surface area (Å²) in [7, 11) is -3.16. The van der Waals surface area contributed by atoms with Gasteiger partial charge in [-0.2, -0.15) is 4.31 Å². The Hall–Kier alpha value is -1.60. The average Bonchev–Trinajstić information content (AvgIpc) is 2.65. The van der Waals surface area contributed by atoms with Crippen molar-refractivity contribution >= 4 is 15.9 Å². The van der Waals surface area contributed by atoms with E-state index >= 15 is 0 Å². The Morgan fingerprint density at radius 2 is 1.67 bits per heavy atom. The number of carbonyl (C=O) groups excluding carboxylic acids is 1. The van der Waals surface area contributed by atoms with Crippen LogP contribution in [0.2, 0.25) is 0 Å². The molecule has 0 bridgehead atoms. The molecule has 2 rings (SSSR count). The number of piperazine rings is 1. The first-order chi connectivity index (χ1) is 12.6. The summed E-state index contributed by atoms with van der Waals surface area (Å²) < 4.78 is 30.9. The lowest BCUT2D eigenvalue weighted by atomic mass is 9.87. The van der Waals surface area contributed by atoms with Gasteiger partial charge in [0.15, 0.2) is 0 Å². The topological polar surface area (TPSA) is 66.9 Å². The van der Waals surface area contributed by atoms with Crippen molar-refractivity contribution in [3.05, 3.63) is 29.8 Å². The molecular weight excluding hydrogens is 364 g/mol. The third kappa shape index (κ3) is 6.21. The number of ether oxygens (including phenoxy) is 1. The molecule has 6 nitrogen and oxygen atoms in total. The summed E-state index contributed by atoms with van der Waals surface area (Å²) in [6.07, 6.45) is 1.06. The Labute approximate surface area is 163 Å². The van der Waals surface area contributed by atoms with Crippen LogP contribution in [0.1, 0.15) is 46.1 Å². The number of sulfonamides is 1. The maximum Gasteiger partial charge on any atom is 0.222 e. The summed E-state index contributed by atoms with van der Waals surface area (Å²) in [5.74, 6) is 0.985. The highest BCUT2D eigenvalue weighted by Gasteiger charge is 2.27. The van der Waals surface area contributed by atoms with Crippen LogP contribution < -0.4 is 4.74 Å². The van der Waals surface area contributed by atoms with E-state index in [0.29, 0.717) is 45.6 Å². The fourth-order valence-electron chi connectivity index (χ4n) is 3.02. The summed E-state index contributed by atoms with van der Waals surface area (Å²) in [5, 5.41) is 0. The lowest BCUT2D eigenvalue weighted by molar-refractivity contribution is -0.132. The standard InChI is InChI=1S/C20H32N2O4S/c1-5-27(24,25)22-14-12-21(13-15-22)19(23)7-6-16-26-18-10-8-17(9-11-18)20(2,3)4/h8-11H,5-7,12-16H2,1-4H3. The van der Waals surface area contributed by atoms with Crippen LogP contribution in [0.5, 0.6) is 5.75 Å². The third-order valence-electron chi connectivity index (χ3n) is 4.87. The van der Waals surface area contributed by atoms with Crippen LogP contribution in [0.4, 0.5) is 0 Å². The van der Waals surface area contributed by atoms with Gasteiger partial charge in [-0.15, -0.1) is 0 Å². The van der Waals surface area contributed by atoms with E-state index in [4.69, 9.17) is 4.74 Å². The van der Waals surface area contributed by atoms with Gasteiger partial charge in [-0.25, -0.2) is 8.42 Å². The molecule has 1 fully saturated rings. The Morgan fingerprint density at radius 3 is 2.19 bits per heavy atom. The molecule has 1 aliphatic rings. The largest absolute Gasteiger partial charge is 0.494 e. The maximum absolute atomic E-state index is 12.3. The van der Waals surface area contributed by atoms with E-state index < -0.39 is 10.0 Å². The van der Waals surface area contributed by atoms with Gasteiger partial charge in [0.05, 0.1) is 12.4 Å². The Morgan fingerprint density at radius 1 is 1.07 bits per heavy atom. The minimum Gasteiger partial charge on any atom is -0.494 e. The van der Waals surface area contributed by atoms with Gasteiger partial charge in [0, 0.05) is 32.6 Å². The zero-order chi connectivity index (χ0) is 20.1. The second-order valence-corrected chi connectivity index (χ2v) is 10.2. The van der Waals surface area contributed by atoms with E-state index in [0.717, 1.165) is 5.75 Å². The van der Waals surface area contributed by atoms with E-state index in [1.165, 1.54) is 9.87 Å². The molecule has 0 atom stereocenters. The predicted octanol–water partition coefficient (Wildman–Crippen LogP) is 2.64. The minimum absolute atomic E-state index is 0.0650. The molecule has 0 aromatic heterocycles. The SMILES string of the molecule is CCS(=O)(=O)N1CCN(C(=O)CCCOc2ccc(C(C)(C)C)cc2)CC1. The monoisotopic (exact) mass is 396 g/mol. The van der Waals surface area contributed by atoms with Crippen molar-refractivity contribution in [1.82, 2.24) is 9.21 Å².